The lowest BCUT2D eigenvalue weighted by Gasteiger charge is -2.33. The van der Waals surface area contributed by atoms with Gasteiger partial charge in [-0.2, -0.15) is 0 Å². The summed E-state index contributed by atoms with van der Waals surface area (Å²) in [6.07, 6.45) is 3.19. The molecule has 118 valence electrons. The summed E-state index contributed by atoms with van der Waals surface area (Å²) < 4.78 is 13.5. The molecular formula is C16H25FIN3. The van der Waals surface area contributed by atoms with Gasteiger partial charge in [0.25, 0.3) is 0 Å². The molecule has 1 aromatic carbocycles. The van der Waals surface area contributed by atoms with Gasteiger partial charge < -0.3 is 10.2 Å². The maximum atomic E-state index is 13.5. The van der Waals surface area contributed by atoms with Gasteiger partial charge in [-0.3, -0.25) is 4.99 Å². The molecule has 0 amide bonds. The molecule has 2 rings (SSSR count). The van der Waals surface area contributed by atoms with Crippen molar-refractivity contribution in [1.82, 2.24) is 10.2 Å². The first-order valence-electron chi connectivity index (χ1n) is 7.39. The first kappa shape index (κ1) is 18.2. The molecule has 0 aromatic heterocycles. The molecule has 5 heteroatoms. The molecule has 0 saturated carbocycles. The molecular weight excluding hydrogens is 380 g/mol. The van der Waals surface area contributed by atoms with Crippen LogP contribution in [-0.2, 0) is 6.42 Å². The number of halogens is 2. The third kappa shape index (κ3) is 5.45. The molecule has 1 atom stereocenters. The number of piperidine rings is 1. The molecule has 1 aliphatic heterocycles. The number of likely N-dealkylation sites (tertiary alicyclic amines) is 1. The zero-order valence-corrected chi connectivity index (χ0v) is 15.1. The number of nitrogens with one attached hydrogen (secondary N) is 1. The Kier molecular flexibility index (Phi) is 8.00. The number of nitrogens with zero attached hydrogens (tertiary/aromatic N) is 2. The second-order valence-electron chi connectivity index (χ2n) is 5.51. The molecule has 3 nitrogen and oxygen atoms in total. The summed E-state index contributed by atoms with van der Waals surface area (Å²) in [5, 5.41) is 3.34. The summed E-state index contributed by atoms with van der Waals surface area (Å²) in [4.78, 5) is 6.64. The number of rotatable bonds is 3. The second kappa shape index (κ2) is 9.23. The van der Waals surface area contributed by atoms with Gasteiger partial charge in [0.15, 0.2) is 5.96 Å². The minimum absolute atomic E-state index is 0. The van der Waals surface area contributed by atoms with Crippen molar-refractivity contribution in [3.8, 4) is 0 Å². The molecule has 0 spiro atoms. The Hall–Kier alpha value is -0.850. The van der Waals surface area contributed by atoms with E-state index >= 15 is 0 Å². The van der Waals surface area contributed by atoms with E-state index in [2.05, 4.69) is 22.1 Å². The average molecular weight is 405 g/mol. The van der Waals surface area contributed by atoms with E-state index in [9.17, 15) is 4.39 Å². The SMILES string of the molecule is CN=C(NCCc1ccccc1F)N1CCCC(C)C1.I. The van der Waals surface area contributed by atoms with Gasteiger partial charge in [-0.1, -0.05) is 25.1 Å². The Balaban J connectivity index is 0.00000220. The fraction of sp³-hybridized carbons (Fsp3) is 0.562. The van der Waals surface area contributed by atoms with Crippen molar-refractivity contribution in [2.24, 2.45) is 10.9 Å². The predicted molar refractivity (Wildman–Crippen MR) is 96.9 cm³/mol. The van der Waals surface area contributed by atoms with Gasteiger partial charge in [0, 0.05) is 26.7 Å². The number of guanidine groups is 1. The first-order valence-corrected chi connectivity index (χ1v) is 7.39. The Bertz CT molecular complexity index is 465. The van der Waals surface area contributed by atoms with Gasteiger partial charge >= 0.3 is 0 Å². The van der Waals surface area contributed by atoms with E-state index in [1.807, 2.05) is 19.2 Å². The lowest BCUT2D eigenvalue weighted by atomic mass is 10.0. The van der Waals surface area contributed by atoms with Crippen LogP contribution in [0, 0.1) is 11.7 Å². The van der Waals surface area contributed by atoms with Crippen LogP contribution in [0.5, 0.6) is 0 Å². The molecule has 1 fully saturated rings. The Morgan fingerprint density at radius 3 is 2.86 bits per heavy atom. The van der Waals surface area contributed by atoms with Crippen LogP contribution in [-0.4, -0.2) is 37.5 Å². The van der Waals surface area contributed by atoms with Crippen LogP contribution in [0.2, 0.25) is 0 Å². The molecule has 21 heavy (non-hydrogen) atoms. The van der Waals surface area contributed by atoms with Crippen LogP contribution in [0.1, 0.15) is 25.3 Å². The van der Waals surface area contributed by atoms with Crippen molar-refractivity contribution >= 4 is 29.9 Å². The molecule has 1 heterocycles. The molecule has 1 saturated heterocycles. The van der Waals surface area contributed by atoms with Crippen LogP contribution >= 0.6 is 24.0 Å². The predicted octanol–water partition coefficient (Wildman–Crippen LogP) is 3.29. The highest BCUT2D eigenvalue weighted by Gasteiger charge is 2.18. The molecule has 0 aliphatic carbocycles. The van der Waals surface area contributed by atoms with E-state index in [1.54, 1.807) is 6.07 Å². The van der Waals surface area contributed by atoms with Gasteiger partial charge in [0.05, 0.1) is 0 Å². The van der Waals surface area contributed by atoms with E-state index in [1.165, 1.54) is 18.9 Å². The highest BCUT2D eigenvalue weighted by molar-refractivity contribution is 14.0. The minimum atomic E-state index is -0.129. The summed E-state index contributed by atoms with van der Waals surface area (Å²) in [7, 11) is 1.81. The molecule has 1 unspecified atom stereocenters. The summed E-state index contributed by atoms with van der Waals surface area (Å²) >= 11 is 0. The van der Waals surface area contributed by atoms with Gasteiger partial charge in [-0.05, 0) is 36.8 Å². The minimum Gasteiger partial charge on any atom is -0.356 e. The standard InChI is InChI=1S/C16H24FN3.HI/c1-13-6-5-11-20(12-13)16(18-2)19-10-9-14-7-3-4-8-15(14)17;/h3-4,7-8,13H,5-6,9-12H2,1-2H3,(H,18,19);1H. The lowest BCUT2D eigenvalue weighted by Crippen LogP contribution is -2.46. The largest absolute Gasteiger partial charge is 0.356 e. The lowest BCUT2D eigenvalue weighted by molar-refractivity contribution is 0.266. The van der Waals surface area contributed by atoms with Crippen LogP contribution in [0.4, 0.5) is 4.39 Å². The number of aliphatic imine (C=N–C) groups is 1. The topological polar surface area (TPSA) is 27.6 Å². The maximum Gasteiger partial charge on any atom is 0.193 e. The van der Waals surface area contributed by atoms with Crippen molar-refractivity contribution < 1.29 is 4.39 Å². The van der Waals surface area contributed by atoms with E-state index in [-0.39, 0.29) is 29.8 Å². The molecule has 1 N–H and O–H groups in total. The fourth-order valence-corrected chi connectivity index (χ4v) is 2.72. The van der Waals surface area contributed by atoms with Crippen LogP contribution in [0.25, 0.3) is 0 Å². The van der Waals surface area contributed by atoms with E-state index in [0.717, 1.165) is 24.6 Å². The number of hydrogen-bond donors (Lipinski definition) is 1. The van der Waals surface area contributed by atoms with E-state index in [4.69, 9.17) is 0 Å². The van der Waals surface area contributed by atoms with E-state index < -0.39 is 0 Å². The summed E-state index contributed by atoms with van der Waals surface area (Å²) in [5.41, 5.74) is 0.752. The fourth-order valence-electron chi connectivity index (χ4n) is 2.72. The summed E-state index contributed by atoms with van der Waals surface area (Å²) in [6.45, 7) is 5.10. The van der Waals surface area contributed by atoms with Crippen LogP contribution in [0.3, 0.4) is 0 Å². The second-order valence-corrected chi connectivity index (χ2v) is 5.51. The smallest absolute Gasteiger partial charge is 0.193 e. The molecule has 0 bridgehead atoms. The normalized spacial score (nSPS) is 19.1. The van der Waals surface area contributed by atoms with Crippen LogP contribution < -0.4 is 5.32 Å². The van der Waals surface area contributed by atoms with Crippen molar-refractivity contribution in [2.45, 2.75) is 26.2 Å². The zero-order chi connectivity index (χ0) is 14.4. The van der Waals surface area contributed by atoms with Crippen LogP contribution in [0.15, 0.2) is 29.3 Å². The van der Waals surface area contributed by atoms with Crippen molar-refractivity contribution in [3.05, 3.63) is 35.6 Å². The van der Waals surface area contributed by atoms with E-state index in [0.29, 0.717) is 18.9 Å². The monoisotopic (exact) mass is 405 g/mol. The maximum absolute atomic E-state index is 13.5. The van der Waals surface area contributed by atoms with Gasteiger partial charge in [-0.15, -0.1) is 24.0 Å². The van der Waals surface area contributed by atoms with Gasteiger partial charge in [0.1, 0.15) is 5.82 Å². The van der Waals surface area contributed by atoms with Gasteiger partial charge in [-0.25, -0.2) is 4.39 Å². The Labute approximate surface area is 144 Å². The zero-order valence-electron chi connectivity index (χ0n) is 12.8. The highest BCUT2D eigenvalue weighted by Crippen LogP contribution is 2.15. The number of benzene rings is 1. The average Bonchev–Trinajstić information content (AvgIpc) is 2.45. The van der Waals surface area contributed by atoms with Crippen molar-refractivity contribution in [3.63, 3.8) is 0 Å². The summed E-state index contributed by atoms with van der Waals surface area (Å²) in [5.74, 6) is 1.53. The number of hydrogen-bond acceptors (Lipinski definition) is 1. The third-order valence-corrected chi connectivity index (χ3v) is 3.80. The quantitative estimate of drug-likeness (QED) is 0.475. The first-order chi connectivity index (χ1) is 9.70. The van der Waals surface area contributed by atoms with Crippen molar-refractivity contribution in [2.75, 3.05) is 26.7 Å². The molecule has 0 radical (unpaired) electrons. The molecule has 1 aliphatic rings. The Morgan fingerprint density at radius 1 is 1.43 bits per heavy atom. The van der Waals surface area contributed by atoms with Gasteiger partial charge in [0.2, 0.25) is 0 Å². The highest BCUT2D eigenvalue weighted by atomic mass is 127. The Morgan fingerprint density at radius 2 is 2.19 bits per heavy atom. The summed E-state index contributed by atoms with van der Waals surface area (Å²) in [6, 6.07) is 6.94. The third-order valence-electron chi connectivity index (χ3n) is 3.80. The van der Waals surface area contributed by atoms with Crippen molar-refractivity contribution in [1.29, 1.82) is 0 Å². The molecule has 1 aromatic rings.